The van der Waals surface area contributed by atoms with Crippen molar-refractivity contribution in [3.8, 4) is 5.75 Å². The van der Waals surface area contributed by atoms with Crippen LogP contribution in [0.25, 0.3) is 0 Å². The van der Waals surface area contributed by atoms with E-state index in [1.807, 2.05) is 26.0 Å². The highest BCUT2D eigenvalue weighted by Crippen LogP contribution is 2.25. The number of rotatable bonds is 6. The number of amides is 1. The monoisotopic (exact) mass is 316 g/mol. The second-order valence-electron chi connectivity index (χ2n) is 5.57. The fraction of sp³-hybridized carbons (Fsp3) is 0.333. The van der Waals surface area contributed by atoms with Crippen molar-refractivity contribution in [3.05, 3.63) is 58.9 Å². The molecule has 122 valence electrons. The van der Waals surface area contributed by atoms with Crippen LogP contribution in [-0.4, -0.2) is 23.7 Å². The number of benzene rings is 1. The van der Waals surface area contributed by atoms with E-state index in [-0.39, 0.29) is 12.5 Å². The van der Waals surface area contributed by atoms with E-state index < -0.39 is 6.17 Å². The van der Waals surface area contributed by atoms with Gasteiger partial charge in [-0.05, 0) is 49.6 Å². The van der Waals surface area contributed by atoms with Crippen LogP contribution < -0.4 is 10.1 Å². The van der Waals surface area contributed by atoms with Gasteiger partial charge in [0.05, 0.1) is 0 Å². The van der Waals surface area contributed by atoms with Gasteiger partial charge in [0.2, 0.25) is 0 Å². The molecule has 0 aliphatic rings. The summed E-state index contributed by atoms with van der Waals surface area (Å²) in [4.78, 5) is 15.9. The summed E-state index contributed by atoms with van der Waals surface area (Å²) < 4.78 is 18.4. The minimum atomic E-state index is -1.01. The summed E-state index contributed by atoms with van der Waals surface area (Å²) in [6, 6.07) is 7.22. The van der Waals surface area contributed by atoms with Gasteiger partial charge in [0, 0.05) is 24.5 Å². The predicted octanol–water partition coefficient (Wildman–Crippen LogP) is 3.37. The van der Waals surface area contributed by atoms with E-state index in [2.05, 4.69) is 10.3 Å². The summed E-state index contributed by atoms with van der Waals surface area (Å²) in [5.74, 6) is 0.563. The quantitative estimate of drug-likeness (QED) is 0.889. The van der Waals surface area contributed by atoms with Gasteiger partial charge < -0.3 is 10.1 Å². The second-order valence-corrected chi connectivity index (χ2v) is 5.57. The molecule has 1 aromatic heterocycles. The average Bonchev–Trinajstić information content (AvgIpc) is 2.52. The van der Waals surface area contributed by atoms with E-state index in [0.29, 0.717) is 17.9 Å². The van der Waals surface area contributed by atoms with E-state index >= 15 is 0 Å². The first-order valence-corrected chi connectivity index (χ1v) is 7.52. The van der Waals surface area contributed by atoms with Crippen LogP contribution in [0.1, 0.15) is 34.0 Å². The van der Waals surface area contributed by atoms with Gasteiger partial charge in [0.15, 0.2) is 0 Å². The van der Waals surface area contributed by atoms with Crippen molar-refractivity contribution in [1.29, 1.82) is 0 Å². The molecule has 1 amide bonds. The first kappa shape index (κ1) is 16.9. The van der Waals surface area contributed by atoms with E-state index in [1.165, 1.54) is 6.92 Å². The molecule has 0 bridgehead atoms. The first-order chi connectivity index (χ1) is 11.0. The van der Waals surface area contributed by atoms with E-state index in [4.69, 9.17) is 4.74 Å². The van der Waals surface area contributed by atoms with Crippen molar-refractivity contribution in [2.24, 2.45) is 0 Å². The molecule has 1 N–H and O–H groups in total. The maximum atomic E-state index is 12.9. The third-order valence-corrected chi connectivity index (χ3v) is 3.37. The molecule has 0 radical (unpaired) electrons. The number of aryl methyl sites for hydroxylation is 2. The number of nitrogens with one attached hydrogen (secondary N) is 1. The van der Waals surface area contributed by atoms with Gasteiger partial charge in [-0.15, -0.1) is 0 Å². The smallest absolute Gasteiger partial charge is 0.251 e. The minimum Gasteiger partial charge on any atom is -0.490 e. The summed E-state index contributed by atoms with van der Waals surface area (Å²) in [5.41, 5.74) is 3.41. The summed E-state index contributed by atoms with van der Waals surface area (Å²) in [5, 5.41) is 2.87. The summed E-state index contributed by atoms with van der Waals surface area (Å²) in [7, 11) is 0. The van der Waals surface area contributed by atoms with E-state index in [9.17, 15) is 9.18 Å². The molecule has 0 aliphatic carbocycles. The van der Waals surface area contributed by atoms with Crippen LogP contribution in [0.3, 0.4) is 0 Å². The third-order valence-electron chi connectivity index (χ3n) is 3.37. The maximum Gasteiger partial charge on any atom is 0.251 e. The Balaban J connectivity index is 2.02. The number of aromatic nitrogens is 1. The highest BCUT2D eigenvalue weighted by molar-refractivity contribution is 5.93. The Morgan fingerprint density at radius 1 is 1.26 bits per heavy atom. The molecular weight excluding hydrogens is 295 g/mol. The zero-order valence-corrected chi connectivity index (χ0v) is 13.6. The van der Waals surface area contributed by atoms with Crippen LogP contribution in [0.5, 0.6) is 5.75 Å². The van der Waals surface area contributed by atoms with Crippen molar-refractivity contribution in [3.63, 3.8) is 0 Å². The SMILES string of the molecule is Cc1cc(CNC(=O)c2ccncc2)cc(C)c1OC[C@@H](C)F. The Morgan fingerprint density at radius 2 is 1.87 bits per heavy atom. The molecule has 1 heterocycles. The van der Waals surface area contributed by atoms with Gasteiger partial charge in [-0.2, -0.15) is 0 Å². The van der Waals surface area contributed by atoms with Crippen molar-refractivity contribution in [2.75, 3.05) is 6.61 Å². The lowest BCUT2D eigenvalue weighted by atomic mass is 10.1. The summed E-state index contributed by atoms with van der Waals surface area (Å²) in [6.07, 6.45) is 2.16. The normalized spacial score (nSPS) is 11.8. The molecule has 4 nitrogen and oxygen atoms in total. The van der Waals surface area contributed by atoms with Crippen molar-refractivity contribution in [1.82, 2.24) is 10.3 Å². The molecule has 0 saturated heterocycles. The first-order valence-electron chi connectivity index (χ1n) is 7.52. The summed E-state index contributed by atoms with van der Waals surface area (Å²) >= 11 is 0. The largest absolute Gasteiger partial charge is 0.490 e. The molecule has 0 unspecified atom stereocenters. The van der Waals surface area contributed by atoms with Gasteiger partial charge in [0.25, 0.3) is 5.91 Å². The minimum absolute atomic E-state index is 0.0415. The molecule has 0 aliphatic heterocycles. The molecule has 2 rings (SSSR count). The van der Waals surface area contributed by atoms with Crippen LogP contribution in [0.2, 0.25) is 0 Å². The molecule has 1 aromatic carbocycles. The van der Waals surface area contributed by atoms with Crippen molar-refractivity contribution >= 4 is 5.91 Å². The van der Waals surface area contributed by atoms with Gasteiger partial charge >= 0.3 is 0 Å². The van der Waals surface area contributed by atoms with Crippen LogP contribution in [0, 0.1) is 13.8 Å². The lowest BCUT2D eigenvalue weighted by Crippen LogP contribution is -2.22. The lowest BCUT2D eigenvalue weighted by Gasteiger charge is -2.15. The molecule has 0 spiro atoms. The van der Waals surface area contributed by atoms with Crippen molar-refractivity contribution in [2.45, 2.75) is 33.5 Å². The fourth-order valence-electron chi connectivity index (χ4n) is 2.36. The molecule has 0 saturated carbocycles. The van der Waals surface area contributed by atoms with Crippen molar-refractivity contribution < 1.29 is 13.9 Å². The van der Waals surface area contributed by atoms with Gasteiger partial charge in [-0.25, -0.2) is 4.39 Å². The van der Waals surface area contributed by atoms with Crippen LogP contribution >= 0.6 is 0 Å². The zero-order chi connectivity index (χ0) is 16.8. The molecule has 0 fully saturated rings. The van der Waals surface area contributed by atoms with Crippen LogP contribution in [-0.2, 0) is 6.54 Å². The zero-order valence-electron chi connectivity index (χ0n) is 13.6. The number of nitrogens with zero attached hydrogens (tertiary/aromatic N) is 1. The van der Waals surface area contributed by atoms with Gasteiger partial charge in [-0.3, -0.25) is 9.78 Å². The van der Waals surface area contributed by atoms with Gasteiger partial charge in [-0.1, -0.05) is 12.1 Å². The third kappa shape index (κ3) is 4.77. The molecule has 23 heavy (non-hydrogen) atoms. The number of alkyl halides is 1. The highest BCUT2D eigenvalue weighted by Gasteiger charge is 2.10. The standard InChI is InChI=1S/C18H21FN2O2/c1-12-8-15(9-13(2)17(12)23-11-14(3)19)10-21-18(22)16-4-6-20-7-5-16/h4-9,14H,10-11H2,1-3H3,(H,21,22)/t14-/m1/s1. The van der Waals surface area contributed by atoms with E-state index in [1.54, 1.807) is 24.5 Å². The Hall–Kier alpha value is -2.43. The number of hydrogen-bond acceptors (Lipinski definition) is 3. The van der Waals surface area contributed by atoms with Gasteiger partial charge in [0.1, 0.15) is 18.5 Å². The van der Waals surface area contributed by atoms with E-state index in [0.717, 1.165) is 16.7 Å². The number of carbonyl (C=O) groups excluding carboxylic acids is 1. The molecule has 5 heteroatoms. The fourth-order valence-corrected chi connectivity index (χ4v) is 2.36. The second kappa shape index (κ2) is 7.72. The average molecular weight is 316 g/mol. The highest BCUT2D eigenvalue weighted by atomic mass is 19.1. The Kier molecular flexibility index (Phi) is 5.68. The Labute approximate surface area is 135 Å². The summed E-state index contributed by atoms with van der Waals surface area (Å²) in [6.45, 7) is 5.76. The Morgan fingerprint density at radius 3 is 2.43 bits per heavy atom. The Bertz CT molecular complexity index is 649. The molecule has 1 atom stereocenters. The number of pyridine rings is 1. The van der Waals surface area contributed by atoms with Crippen LogP contribution in [0.4, 0.5) is 4.39 Å². The topological polar surface area (TPSA) is 51.2 Å². The lowest BCUT2D eigenvalue weighted by molar-refractivity contribution is 0.0950. The maximum absolute atomic E-state index is 12.9. The van der Waals surface area contributed by atoms with Crippen LogP contribution in [0.15, 0.2) is 36.7 Å². The number of ether oxygens (including phenoxy) is 1. The predicted molar refractivity (Wildman–Crippen MR) is 87.4 cm³/mol. The number of halogens is 1. The number of carbonyl (C=O) groups is 1. The molecular formula is C18H21FN2O2. The molecule has 2 aromatic rings. The number of hydrogen-bond donors (Lipinski definition) is 1.